The number of hydrogen-bond acceptors (Lipinski definition) is 8. The number of amides is 1. The lowest BCUT2D eigenvalue weighted by molar-refractivity contribution is 0.0736. The van der Waals surface area contributed by atoms with Gasteiger partial charge in [-0.05, 0) is 36.4 Å². The second kappa shape index (κ2) is 7.22. The van der Waals surface area contributed by atoms with E-state index in [2.05, 4.69) is 25.7 Å². The molecular weight excluding hydrogens is 390 g/mol. The van der Waals surface area contributed by atoms with E-state index in [4.69, 9.17) is 0 Å². The van der Waals surface area contributed by atoms with Crippen molar-refractivity contribution in [1.82, 2.24) is 29.8 Å². The van der Waals surface area contributed by atoms with Crippen LogP contribution in [-0.4, -0.2) is 56.6 Å². The number of carbonyl (C=O) groups is 1. The van der Waals surface area contributed by atoms with Gasteiger partial charge < -0.3 is 15.5 Å². The molecule has 0 radical (unpaired) electrons. The maximum Gasteiger partial charge on any atom is 0.301 e. The monoisotopic (exact) mass is 407 g/mol. The average Bonchev–Trinajstić information content (AvgIpc) is 3.17. The van der Waals surface area contributed by atoms with Crippen molar-refractivity contribution in [2.45, 2.75) is 0 Å². The molecule has 1 aliphatic heterocycles. The minimum atomic E-state index is -0.299. The molecule has 1 fully saturated rings. The van der Waals surface area contributed by atoms with Crippen molar-refractivity contribution in [3.8, 4) is 0 Å². The molecule has 29 heavy (non-hydrogen) atoms. The molecule has 4 heterocycles. The third kappa shape index (κ3) is 3.32. The standard InChI is InChI=1S/C19H17N7O2S/c27-16(25-10-8-20-9-11-25)12-3-5-13(6-4-12)22-18-24-26-17(28)15-14(2-1-7-21-15)23-19(26)29-18/h1-7,20H,8-11H2,(H,22,24). The summed E-state index contributed by atoms with van der Waals surface area (Å²) < 4.78 is 1.25. The molecule has 0 aliphatic carbocycles. The van der Waals surface area contributed by atoms with Crippen LogP contribution in [0.4, 0.5) is 10.8 Å². The summed E-state index contributed by atoms with van der Waals surface area (Å²) in [6.45, 7) is 3.08. The molecule has 3 aromatic heterocycles. The molecule has 0 spiro atoms. The van der Waals surface area contributed by atoms with Crippen LogP contribution in [0.5, 0.6) is 0 Å². The molecule has 146 valence electrons. The van der Waals surface area contributed by atoms with Gasteiger partial charge >= 0.3 is 5.56 Å². The number of carbonyl (C=O) groups excluding carboxylic acids is 1. The van der Waals surface area contributed by atoms with Gasteiger partial charge in [-0.15, -0.1) is 5.10 Å². The number of anilines is 2. The number of aromatic nitrogens is 4. The summed E-state index contributed by atoms with van der Waals surface area (Å²) in [5.74, 6) is 0.0352. The predicted molar refractivity (Wildman–Crippen MR) is 111 cm³/mol. The molecule has 9 nitrogen and oxygen atoms in total. The molecule has 4 aromatic rings. The Labute approximate surface area is 169 Å². The molecule has 0 atom stereocenters. The normalized spacial score (nSPS) is 14.4. The fourth-order valence-electron chi connectivity index (χ4n) is 3.26. The zero-order valence-corrected chi connectivity index (χ0v) is 16.1. The maximum absolute atomic E-state index is 12.6. The summed E-state index contributed by atoms with van der Waals surface area (Å²) in [5, 5.41) is 11.3. The minimum absolute atomic E-state index is 0.0352. The van der Waals surface area contributed by atoms with E-state index < -0.39 is 0 Å². The highest BCUT2D eigenvalue weighted by atomic mass is 32.1. The van der Waals surface area contributed by atoms with Gasteiger partial charge in [-0.3, -0.25) is 9.59 Å². The fraction of sp³-hybridized carbons (Fsp3) is 0.211. The highest BCUT2D eigenvalue weighted by Gasteiger charge is 2.18. The fourth-order valence-corrected chi connectivity index (χ4v) is 4.08. The second-order valence-electron chi connectivity index (χ2n) is 6.63. The first-order chi connectivity index (χ1) is 14.2. The summed E-state index contributed by atoms with van der Waals surface area (Å²) in [6.07, 6.45) is 1.56. The molecular formula is C19H17N7O2S. The number of hydrogen-bond donors (Lipinski definition) is 2. The topological polar surface area (TPSA) is 105 Å². The number of nitrogens with zero attached hydrogens (tertiary/aromatic N) is 5. The van der Waals surface area contributed by atoms with Crippen LogP contribution in [0.1, 0.15) is 10.4 Å². The molecule has 2 N–H and O–H groups in total. The van der Waals surface area contributed by atoms with E-state index >= 15 is 0 Å². The lowest BCUT2D eigenvalue weighted by Gasteiger charge is -2.27. The van der Waals surface area contributed by atoms with E-state index in [-0.39, 0.29) is 17.0 Å². The van der Waals surface area contributed by atoms with Crippen LogP contribution in [0, 0.1) is 0 Å². The zero-order chi connectivity index (χ0) is 19.8. The first-order valence-corrected chi connectivity index (χ1v) is 10.0. The van der Waals surface area contributed by atoms with Crippen molar-refractivity contribution in [2.24, 2.45) is 0 Å². The van der Waals surface area contributed by atoms with Crippen LogP contribution in [0.3, 0.4) is 0 Å². The number of benzene rings is 1. The van der Waals surface area contributed by atoms with E-state index in [1.54, 1.807) is 30.5 Å². The molecule has 1 amide bonds. The highest BCUT2D eigenvalue weighted by Crippen LogP contribution is 2.23. The Hall–Kier alpha value is -3.37. The molecule has 1 aromatic carbocycles. The van der Waals surface area contributed by atoms with Crippen LogP contribution in [0.25, 0.3) is 16.0 Å². The lowest BCUT2D eigenvalue weighted by atomic mass is 10.1. The van der Waals surface area contributed by atoms with Gasteiger partial charge in [0, 0.05) is 43.6 Å². The van der Waals surface area contributed by atoms with Crippen molar-refractivity contribution in [2.75, 3.05) is 31.5 Å². The zero-order valence-electron chi connectivity index (χ0n) is 15.3. The van der Waals surface area contributed by atoms with Crippen molar-refractivity contribution < 1.29 is 4.79 Å². The molecule has 1 saturated heterocycles. The van der Waals surface area contributed by atoms with Crippen molar-refractivity contribution >= 4 is 44.1 Å². The van der Waals surface area contributed by atoms with E-state index in [0.29, 0.717) is 21.2 Å². The quantitative estimate of drug-likeness (QED) is 0.530. The molecule has 0 saturated carbocycles. The number of piperazine rings is 1. The van der Waals surface area contributed by atoms with Gasteiger partial charge in [0.25, 0.3) is 5.91 Å². The lowest BCUT2D eigenvalue weighted by Crippen LogP contribution is -2.46. The average molecular weight is 407 g/mol. The Bertz CT molecular complexity index is 1260. The second-order valence-corrected chi connectivity index (χ2v) is 7.59. The Morgan fingerprint density at radius 3 is 2.72 bits per heavy atom. The first-order valence-electron chi connectivity index (χ1n) is 9.21. The maximum atomic E-state index is 12.6. The number of pyridine rings is 1. The van der Waals surface area contributed by atoms with E-state index in [0.717, 1.165) is 31.9 Å². The van der Waals surface area contributed by atoms with Crippen LogP contribution >= 0.6 is 11.3 Å². The Morgan fingerprint density at radius 1 is 1.14 bits per heavy atom. The third-order valence-electron chi connectivity index (χ3n) is 4.74. The summed E-state index contributed by atoms with van der Waals surface area (Å²) in [4.78, 5) is 36.0. The van der Waals surface area contributed by atoms with Gasteiger partial charge in [0.1, 0.15) is 0 Å². The summed E-state index contributed by atoms with van der Waals surface area (Å²) >= 11 is 1.27. The first kappa shape index (κ1) is 17.7. The summed E-state index contributed by atoms with van der Waals surface area (Å²) in [7, 11) is 0. The molecule has 0 bridgehead atoms. The number of fused-ring (bicyclic) bond motifs is 2. The van der Waals surface area contributed by atoms with Crippen LogP contribution in [0.2, 0.25) is 0 Å². The third-order valence-corrected chi connectivity index (χ3v) is 5.57. The SMILES string of the molecule is O=C(c1ccc(Nc2nn3c(=O)c4ncccc4nc3s2)cc1)N1CCNCC1. The summed E-state index contributed by atoms with van der Waals surface area (Å²) in [5.41, 5.74) is 1.96. The van der Waals surface area contributed by atoms with E-state index in [1.807, 2.05) is 17.0 Å². The Kier molecular flexibility index (Phi) is 4.41. The molecule has 0 unspecified atom stereocenters. The summed E-state index contributed by atoms with van der Waals surface area (Å²) in [6, 6.07) is 10.7. The molecule has 5 rings (SSSR count). The van der Waals surface area contributed by atoms with Crippen molar-refractivity contribution in [1.29, 1.82) is 0 Å². The van der Waals surface area contributed by atoms with Gasteiger partial charge in [0.15, 0.2) is 5.52 Å². The highest BCUT2D eigenvalue weighted by molar-refractivity contribution is 7.20. The Morgan fingerprint density at radius 2 is 1.93 bits per heavy atom. The van der Waals surface area contributed by atoms with Gasteiger partial charge in [-0.2, -0.15) is 4.52 Å². The van der Waals surface area contributed by atoms with Gasteiger partial charge in [-0.1, -0.05) is 11.3 Å². The van der Waals surface area contributed by atoms with E-state index in [9.17, 15) is 9.59 Å². The van der Waals surface area contributed by atoms with E-state index in [1.165, 1.54) is 15.9 Å². The number of nitrogens with one attached hydrogen (secondary N) is 2. The van der Waals surface area contributed by atoms with Crippen molar-refractivity contribution in [3.63, 3.8) is 0 Å². The van der Waals surface area contributed by atoms with Crippen molar-refractivity contribution in [3.05, 3.63) is 58.5 Å². The Balaban J connectivity index is 1.39. The van der Waals surface area contributed by atoms with Gasteiger partial charge in [0.05, 0.1) is 5.52 Å². The predicted octanol–water partition coefficient (Wildman–Crippen LogP) is 1.49. The molecule has 10 heteroatoms. The number of rotatable bonds is 3. The smallest absolute Gasteiger partial charge is 0.301 e. The largest absolute Gasteiger partial charge is 0.336 e. The van der Waals surface area contributed by atoms with Crippen LogP contribution < -0.4 is 16.2 Å². The van der Waals surface area contributed by atoms with Gasteiger partial charge in [0.2, 0.25) is 10.1 Å². The van der Waals surface area contributed by atoms with Crippen LogP contribution in [0.15, 0.2) is 47.4 Å². The molecule has 1 aliphatic rings. The minimum Gasteiger partial charge on any atom is -0.336 e. The van der Waals surface area contributed by atoms with Crippen LogP contribution in [-0.2, 0) is 0 Å². The van der Waals surface area contributed by atoms with Gasteiger partial charge in [-0.25, -0.2) is 9.97 Å².